The van der Waals surface area contributed by atoms with Crippen LogP contribution in [0.2, 0.25) is 0 Å². The minimum atomic E-state index is -0.667. The second-order valence-electron chi connectivity index (χ2n) is 7.35. The Balaban J connectivity index is 1.53. The first kappa shape index (κ1) is 19.0. The first-order valence-electron chi connectivity index (χ1n) is 9.38. The molecule has 2 aliphatic heterocycles. The van der Waals surface area contributed by atoms with E-state index in [-0.39, 0.29) is 17.5 Å². The van der Waals surface area contributed by atoms with Gasteiger partial charge in [-0.2, -0.15) is 0 Å². The molecule has 1 atom stereocenters. The molecule has 0 spiro atoms. The van der Waals surface area contributed by atoms with Gasteiger partial charge >= 0.3 is 0 Å². The van der Waals surface area contributed by atoms with Crippen molar-refractivity contribution in [2.75, 3.05) is 33.2 Å². The first-order chi connectivity index (χ1) is 12.5. The molecule has 0 aliphatic carbocycles. The van der Waals surface area contributed by atoms with Crippen LogP contribution >= 0.6 is 0 Å². The number of rotatable bonds is 4. The van der Waals surface area contributed by atoms with Crippen LogP contribution in [0, 0.1) is 11.6 Å². The highest BCUT2D eigenvalue weighted by atomic mass is 19.1. The number of amides is 1. The third-order valence-corrected chi connectivity index (χ3v) is 5.40. The number of carbonyl (C=O) groups is 1. The number of likely N-dealkylation sites (tertiary alicyclic amines) is 2. The fourth-order valence-corrected chi connectivity index (χ4v) is 3.89. The van der Waals surface area contributed by atoms with Crippen LogP contribution in [0.5, 0.6) is 0 Å². The van der Waals surface area contributed by atoms with E-state index in [1.165, 1.54) is 43.2 Å². The van der Waals surface area contributed by atoms with Gasteiger partial charge in [-0.1, -0.05) is 6.07 Å². The summed E-state index contributed by atoms with van der Waals surface area (Å²) in [5.74, 6) is -1.64. The molecule has 1 amide bonds. The summed E-state index contributed by atoms with van der Waals surface area (Å²) in [7, 11) is 2.15. The molecule has 2 heterocycles. The summed E-state index contributed by atoms with van der Waals surface area (Å²) >= 11 is 0. The van der Waals surface area contributed by atoms with Gasteiger partial charge in [-0.25, -0.2) is 8.78 Å². The predicted molar refractivity (Wildman–Crippen MR) is 98.6 cm³/mol. The van der Waals surface area contributed by atoms with Crippen LogP contribution in [0.1, 0.15) is 31.2 Å². The highest BCUT2D eigenvalue weighted by Gasteiger charge is 2.28. The van der Waals surface area contributed by atoms with E-state index < -0.39 is 11.6 Å². The van der Waals surface area contributed by atoms with E-state index in [0.717, 1.165) is 39.0 Å². The van der Waals surface area contributed by atoms with E-state index >= 15 is 0 Å². The fourth-order valence-electron chi connectivity index (χ4n) is 3.89. The van der Waals surface area contributed by atoms with E-state index in [4.69, 9.17) is 0 Å². The fraction of sp³-hybridized carbons (Fsp3) is 0.550. The minimum Gasteiger partial charge on any atom is -0.349 e. The number of benzene rings is 1. The summed E-state index contributed by atoms with van der Waals surface area (Å²) in [6.45, 7) is 4.17. The standard InChI is InChI=1S/C20H27F2N3O/c1-24-12-9-16(10-13-24)25-11-3-4-15(14-25)23-20(26)8-7-17-18(21)5-2-6-19(17)22/h2,5-8,15-16H,3-4,9-14H2,1H3,(H,23,26). The van der Waals surface area contributed by atoms with Crippen molar-refractivity contribution in [3.8, 4) is 0 Å². The van der Waals surface area contributed by atoms with E-state index in [9.17, 15) is 13.6 Å². The lowest BCUT2D eigenvalue weighted by atomic mass is 9.98. The van der Waals surface area contributed by atoms with Crippen molar-refractivity contribution in [1.29, 1.82) is 0 Å². The van der Waals surface area contributed by atoms with E-state index in [1.54, 1.807) is 0 Å². The zero-order valence-corrected chi connectivity index (χ0v) is 15.3. The average molecular weight is 363 g/mol. The number of carbonyl (C=O) groups excluding carboxylic acids is 1. The quantitative estimate of drug-likeness (QED) is 0.836. The van der Waals surface area contributed by atoms with E-state index in [2.05, 4.69) is 22.2 Å². The minimum absolute atomic E-state index is 0.0889. The monoisotopic (exact) mass is 363 g/mol. The molecule has 0 saturated carbocycles. The molecule has 6 heteroatoms. The molecule has 1 unspecified atom stereocenters. The Hall–Kier alpha value is -1.79. The lowest BCUT2D eigenvalue weighted by molar-refractivity contribution is -0.117. The third kappa shape index (κ3) is 4.89. The molecule has 1 aromatic carbocycles. The Morgan fingerprint density at radius 1 is 1.15 bits per heavy atom. The number of halogens is 2. The second-order valence-corrected chi connectivity index (χ2v) is 7.35. The predicted octanol–water partition coefficient (Wildman–Crippen LogP) is 2.65. The number of nitrogens with zero attached hydrogens (tertiary/aromatic N) is 2. The van der Waals surface area contributed by atoms with Crippen molar-refractivity contribution < 1.29 is 13.6 Å². The number of hydrogen-bond donors (Lipinski definition) is 1. The van der Waals surface area contributed by atoms with E-state index in [1.807, 2.05) is 0 Å². The van der Waals surface area contributed by atoms with E-state index in [0.29, 0.717) is 6.04 Å². The van der Waals surface area contributed by atoms with Crippen LogP contribution in [0.3, 0.4) is 0 Å². The summed E-state index contributed by atoms with van der Waals surface area (Å²) < 4.78 is 27.2. The summed E-state index contributed by atoms with van der Waals surface area (Å²) in [6, 6.07) is 4.35. The highest BCUT2D eigenvalue weighted by molar-refractivity contribution is 5.92. The molecule has 4 nitrogen and oxygen atoms in total. The van der Waals surface area contributed by atoms with Gasteiger partial charge in [0.25, 0.3) is 0 Å². The maximum Gasteiger partial charge on any atom is 0.244 e. The largest absolute Gasteiger partial charge is 0.349 e. The lowest BCUT2D eigenvalue weighted by Gasteiger charge is -2.41. The van der Waals surface area contributed by atoms with Crippen LogP contribution < -0.4 is 5.32 Å². The number of nitrogens with one attached hydrogen (secondary N) is 1. The Bertz CT molecular complexity index is 636. The van der Waals surface area contributed by atoms with Crippen LogP contribution in [-0.4, -0.2) is 61.0 Å². The van der Waals surface area contributed by atoms with Crippen molar-refractivity contribution >= 4 is 12.0 Å². The maximum absolute atomic E-state index is 13.6. The molecule has 0 aromatic heterocycles. The summed E-state index contributed by atoms with van der Waals surface area (Å²) in [4.78, 5) is 17.0. The maximum atomic E-state index is 13.6. The normalized spacial score (nSPS) is 23.4. The molecule has 3 rings (SSSR count). The number of hydrogen-bond acceptors (Lipinski definition) is 3. The van der Waals surface area contributed by atoms with Crippen molar-refractivity contribution in [3.63, 3.8) is 0 Å². The molecule has 1 aromatic rings. The van der Waals surface area contributed by atoms with Crippen molar-refractivity contribution in [3.05, 3.63) is 41.5 Å². The van der Waals surface area contributed by atoms with Crippen LogP contribution in [0.15, 0.2) is 24.3 Å². The third-order valence-electron chi connectivity index (χ3n) is 5.40. The van der Waals surface area contributed by atoms with Gasteiger partial charge in [-0.05, 0) is 70.6 Å². The summed E-state index contributed by atoms with van der Waals surface area (Å²) in [5, 5.41) is 2.98. The molecule has 0 radical (unpaired) electrons. The molecular formula is C20H27F2N3O. The van der Waals surface area contributed by atoms with Crippen LogP contribution in [-0.2, 0) is 4.79 Å². The molecule has 1 N–H and O–H groups in total. The first-order valence-corrected chi connectivity index (χ1v) is 9.38. The summed E-state index contributed by atoms with van der Waals surface area (Å²) in [5.41, 5.74) is -0.181. The molecule has 2 aliphatic rings. The lowest BCUT2D eigenvalue weighted by Crippen LogP contribution is -2.53. The van der Waals surface area contributed by atoms with Crippen molar-refractivity contribution in [2.45, 2.75) is 37.8 Å². The van der Waals surface area contributed by atoms with Crippen LogP contribution in [0.25, 0.3) is 6.08 Å². The molecule has 26 heavy (non-hydrogen) atoms. The van der Waals surface area contributed by atoms with Crippen LogP contribution in [0.4, 0.5) is 8.78 Å². The van der Waals surface area contributed by atoms with Crippen molar-refractivity contribution in [2.24, 2.45) is 0 Å². The highest BCUT2D eigenvalue weighted by Crippen LogP contribution is 2.20. The zero-order chi connectivity index (χ0) is 18.5. The van der Waals surface area contributed by atoms with Gasteiger partial charge in [-0.15, -0.1) is 0 Å². The second kappa shape index (κ2) is 8.73. The Labute approximate surface area is 153 Å². The Kier molecular flexibility index (Phi) is 6.38. The molecular weight excluding hydrogens is 336 g/mol. The average Bonchev–Trinajstić information content (AvgIpc) is 2.62. The van der Waals surface area contributed by atoms with Gasteiger partial charge in [-0.3, -0.25) is 9.69 Å². The van der Waals surface area contributed by atoms with Gasteiger partial charge in [0.05, 0.1) is 0 Å². The topological polar surface area (TPSA) is 35.6 Å². The smallest absolute Gasteiger partial charge is 0.244 e. The van der Waals surface area contributed by atoms with Gasteiger partial charge in [0, 0.05) is 30.3 Å². The van der Waals surface area contributed by atoms with Gasteiger partial charge in [0.2, 0.25) is 5.91 Å². The zero-order valence-electron chi connectivity index (χ0n) is 15.3. The van der Waals surface area contributed by atoms with Gasteiger partial charge < -0.3 is 10.2 Å². The molecule has 0 bridgehead atoms. The Morgan fingerprint density at radius 3 is 2.54 bits per heavy atom. The molecule has 142 valence electrons. The van der Waals surface area contributed by atoms with Gasteiger partial charge in [0.1, 0.15) is 11.6 Å². The summed E-state index contributed by atoms with van der Waals surface area (Å²) in [6.07, 6.45) is 6.76. The number of piperidine rings is 2. The Morgan fingerprint density at radius 2 is 1.85 bits per heavy atom. The van der Waals surface area contributed by atoms with Gasteiger partial charge in [0.15, 0.2) is 0 Å². The molecule has 2 saturated heterocycles. The molecule has 2 fully saturated rings. The SMILES string of the molecule is CN1CCC(N2CCCC(NC(=O)C=Cc3c(F)cccc3F)C2)CC1. The van der Waals surface area contributed by atoms with Crippen molar-refractivity contribution in [1.82, 2.24) is 15.1 Å².